The molecule has 1 unspecified atom stereocenters. The first kappa shape index (κ1) is 12.9. The van der Waals surface area contributed by atoms with Gasteiger partial charge in [0.15, 0.2) is 0 Å². The predicted octanol–water partition coefficient (Wildman–Crippen LogP) is 2.30. The van der Waals surface area contributed by atoms with Crippen molar-refractivity contribution < 1.29 is 9.53 Å². The van der Waals surface area contributed by atoms with E-state index in [0.717, 1.165) is 19.4 Å². The Bertz CT molecular complexity index is 706. The van der Waals surface area contributed by atoms with Crippen LogP contribution in [0.1, 0.15) is 23.5 Å². The standard InChI is InChI=1S/C17H20N2O2/c1-19-9-11(17(20)21-2)6-13-12-4-3-5-14-16(12)10(8-18-14)7-15(13)19/h3-5,8,11,13,15,18H,6-7,9H2,1-2H3/t11?,13-,15-/m0/s1. The number of likely N-dealkylation sites (N-methyl/N-ethyl adjacent to an activating group) is 1. The van der Waals surface area contributed by atoms with E-state index in [4.69, 9.17) is 4.74 Å². The average Bonchev–Trinajstić information content (AvgIpc) is 2.92. The molecule has 0 radical (unpaired) electrons. The molecule has 2 heterocycles. The Hall–Kier alpha value is -1.81. The Balaban J connectivity index is 1.79. The van der Waals surface area contributed by atoms with Gasteiger partial charge in [0.1, 0.15) is 0 Å². The van der Waals surface area contributed by atoms with E-state index in [0.29, 0.717) is 12.0 Å². The molecule has 4 nitrogen and oxygen atoms in total. The molecule has 0 amide bonds. The maximum Gasteiger partial charge on any atom is 0.309 e. The summed E-state index contributed by atoms with van der Waals surface area (Å²) in [6, 6.07) is 6.96. The van der Waals surface area contributed by atoms with Gasteiger partial charge in [0.05, 0.1) is 13.0 Å². The Morgan fingerprint density at radius 1 is 1.43 bits per heavy atom. The van der Waals surface area contributed by atoms with Crippen molar-refractivity contribution in [2.45, 2.75) is 24.8 Å². The zero-order chi connectivity index (χ0) is 14.6. The van der Waals surface area contributed by atoms with Gasteiger partial charge in [0, 0.05) is 35.6 Å². The van der Waals surface area contributed by atoms with E-state index < -0.39 is 0 Å². The molecule has 1 aromatic carbocycles. The largest absolute Gasteiger partial charge is 0.469 e. The third-order valence-corrected chi connectivity index (χ3v) is 5.26. The number of aromatic nitrogens is 1. The van der Waals surface area contributed by atoms with Gasteiger partial charge in [-0.1, -0.05) is 12.1 Å². The summed E-state index contributed by atoms with van der Waals surface area (Å²) in [5, 5.41) is 1.37. The number of hydrogen-bond donors (Lipinski definition) is 1. The van der Waals surface area contributed by atoms with Gasteiger partial charge in [-0.25, -0.2) is 0 Å². The third-order valence-electron chi connectivity index (χ3n) is 5.26. The average molecular weight is 284 g/mol. The van der Waals surface area contributed by atoms with Gasteiger partial charge in [0.25, 0.3) is 0 Å². The van der Waals surface area contributed by atoms with E-state index in [1.54, 1.807) is 0 Å². The summed E-state index contributed by atoms with van der Waals surface area (Å²) < 4.78 is 4.97. The highest BCUT2D eigenvalue weighted by Gasteiger charge is 2.41. The summed E-state index contributed by atoms with van der Waals surface area (Å²) in [6.07, 6.45) is 4.10. The van der Waals surface area contributed by atoms with Crippen molar-refractivity contribution in [3.8, 4) is 0 Å². The van der Waals surface area contributed by atoms with Crippen LogP contribution < -0.4 is 0 Å². The van der Waals surface area contributed by atoms with E-state index >= 15 is 0 Å². The van der Waals surface area contributed by atoms with Crippen LogP contribution in [0.3, 0.4) is 0 Å². The lowest BCUT2D eigenvalue weighted by atomic mass is 9.72. The van der Waals surface area contributed by atoms with Crippen LogP contribution in [0.2, 0.25) is 0 Å². The minimum Gasteiger partial charge on any atom is -0.469 e. The number of esters is 1. The highest BCUT2D eigenvalue weighted by atomic mass is 16.5. The number of carbonyl (C=O) groups excluding carboxylic acids is 1. The lowest BCUT2D eigenvalue weighted by molar-refractivity contribution is -0.148. The number of nitrogens with one attached hydrogen (secondary N) is 1. The van der Waals surface area contributed by atoms with Crippen molar-refractivity contribution in [1.29, 1.82) is 0 Å². The quantitative estimate of drug-likeness (QED) is 0.817. The van der Waals surface area contributed by atoms with Gasteiger partial charge in [-0.2, -0.15) is 0 Å². The third kappa shape index (κ3) is 1.82. The minimum absolute atomic E-state index is 0.0167. The van der Waals surface area contributed by atoms with Gasteiger partial charge in [-0.15, -0.1) is 0 Å². The monoisotopic (exact) mass is 284 g/mol. The Morgan fingerprint density at radius 3 is 3.10 bits per heavy atom. The molecule has 0 bridgehead atoms. The molecule has 4 rings (SSSR count). The summed E-state index contributed by atoms with van der Waals surface area (Å²) in [5.74, 6) is 0.323. The summed E-state index contributed by atoms with van der Waals surface area (Å²) in [6.45, 7) is 0.795. The van der Waals surface area contributed by atoms with Crippen LogP contribution in [-0.4, -0.2) is 42.6 Å². The number of fused-ring (bicyclic) bond motifs is 2. The smallest absolute Gasteiger partial charge is 0.309 e. The zero-order valence-electron chi connectivity index (χ0n) is 12.4. The van der Waals surface area contributed by atoms with Gasteiger partial charge in [-0.3, -0.25) is 4.79 Å². The number of carbonyl (C=O) groups is 1. The number of hydrogen-bond acceptors (Lipinski definition) is 3. The molecule has 2 aliphatic rings. The van der Waals surface area contributed by atoms with Crippen molar-refractivity contribution in [3.63, 3.8) is 0 Å². The molecule has 4 heteroatoms. The van der Waals surface area contributed by atoms with E-state index in [2.05, 4.69) is 41.3 Å². The van der Waals surface area contributed by atoms with Crippen molar-refractivity contribution in [1.82, 2.24) is 9.88 Å². The molecule has 1 aliphatic heterocycles. The Labute approximate surface area is 124 Å². The van der Waals surface area contributed by atoms with E-state index in [-0.39, 0.29) is 11.9 Å². The number of piperidine rings is 1. The molecule has 0 spiro atoms. The molecule has 1 saturated heterocycles. The Morgan fingerprint density at radius 2 is 2.29 bits per heavy atom. The number of H-pyrrole nitrogens is 1. The van der Waals surface area contributed by atoms with Crippen LogP contribution in [0, 0.1) is 5.92 Å². The molecule has 1 aliphatic carbocycles. The number of ether oxygens (including phenoxy) is 1. The molecular weight excluding hydrogens is 264 g/mol. The maximum atomic E-state index is 12.0. The van der Waals surface area contributed by atoms with Gasteiger partial charge >= 0.3 is 5.97 Å². The van der Waals surface area contributed by atoms with E-state index in [1.807, 2.05) is 0 Å². The second kappa shape index (κ2) is 4.60. The molecule has 1 fully saturated rings. The fraction of sp³-hybridized carbons (Fsp3) is 0.471. The molecule has 3 atom stereocenters. The molecule has 1 aromatic heterocycles. The van der Waals surface area contributed by atoms with Crippen molar-refractivity contribution in [2.24, 2.45) is 5.92 Å². The molecule has 0 saturated carbocycles. The first-order valence-corrected chi connectivity index (χ1v) is 7.56. The van der Waals surface area contributed by atoms with Crippen LogP contribution in [0.25, 0.3) is 10.9 Å². The number of benzene rings is 1. The summed E-state index contributed by atoms with van der Waals surface area (Å²) in [5.41, 5.74) is 4.01. The van der Waals surface area contributed by atoms with Crippen LogP contribution in [0.4, 0.5) is 0 Å². The highest BCUT2D eigenvalue weighted by molar-refractivity contribution is 5.88. The second-order valence-electron chi connectivity index (χ2n) is 6.36. The van der Waals surface area contributed by atoms with Crippen LogP contribution in [0.15, 0.2) is 24.4 Å². The lowest BCUT2D eigenvalue weighted by Crippen LogP contribution is -2.49. The fourth-order valence-electron chi connectivity index (χ4n) is 4.28. The molecular formula is C17H20N2O2. The zero-order valence-corrected chi connectivity index (χ0v) is 12.4. The first-order chi connectivity index (χ1) is 10.2. The number of aromatic amines is 1. The van der Waals surface area contributed by atoms with Gasteiger partial charge in [0.2, 0.25) is 0 Å². The van der Waals surface area contributed by atoms with Crippen molar-refractivity contribution in [3.05, 3.63) is 35.5 Å². The van der Waals surface area contributed by atoms with Gasteiger partial charge < -0.3 is 14.6 Å². The molecule has 1 N–H and O–H groups in total. The Kier molecular flexibility index (Phi) is 2.82. The lowest BCUT2D eigenvalue weighted by Gasteiger charge is -2.44. The van der Waals surface area contributed by atoms with E-state index in [9.17, 15) is 4.79 Å². The van der Waals surface area contributed by atoms with Gasteiger partial charge in [-0.05, 0) is 37.1 Å². The summed E-state index contributed by atoms with van der Waals surface area (Å²) in [4.78, 5) is 17.7. The SMILES string of the molecule is COC(=O)C1C[C@H]2c3cccc4[nH]cc(c34)C[C@@H]2N(C)C1. The minimum atomic E-state index is -0.0765. The number of likely N-dealkylation sites (tertiary alicyclic amines) is 1. The summed E-state index contributed by atoms with van der Waals surface area (Å²) in [7, 11) is 3.62. The van der Waals surface area contributed by atoms with Crippen LogP contribution in [0.5, 0.6) is 0 Å². The number of methoxy groups -OCH3 is 1. The normalized spacial score (nSPS) is 28.4. The fourth-order valence-corrected chi connectivity index (χ4v) is 4.28. The second-order valence-corrected chi connectivity index (χ2v) is 6.36. The number of nitrogens with zero attached hydrogens (tertiary/aromatic N) is 1. The number of rotatable bonds is 1. The summed E-state index contributed by atoms with van der Waals surface area (Å²) >= 11 is 0. The van der Waals surface area contributed by atoms with Crippen LogP contribution >= 0.6 is 0 Å². The van der Waals surface area contributed by atoms with Crippen molar-refractivity contribution >= 4 is 16.9 Å². The van der Waals surface area contributed by atoms with Crippen LogP contribution in [-0.2, 0) is 16.0 Å². The maximum absolute atomic E-state index is 12.0. The topological polar surface area (TPSA) is 45.3 Å². The molecule has 21 heavy (non-hydrogen) atoms. The first-order valence-electron chi connectivity index (χ1n) is 7.56. The predicted molar refractivity (Wildman–Crippen MR) is 81.3 cm³/mol. The molecule has 2 aromatic rings. The molecule has 110 valence electrons. The van der Waals surface area contributed by atoms with E-state index in [1.165, 1.54) is 29.1 Å². The highest BCUT2D eigenvalue weighted by Crippen LogP contribution is 2.44. The van der Waals surface area contributed by atoms with Crippen molar-refractivity contribution in [2.75, 3.05) is 20.7 Å².